The van der Waals surface area contributed by atoms with Crippen molar-refractivity contribution in [3.8, 4) is 0 Å². The molecule has 0 spiro atoms. The second-order valence-corrected chi connectivity index (χ2v) is 2.85. The maximum Gasteiger partial charge on any atom is 0.245 e. The molecule has 0 unspecified atom stereocenters. The van der Waals surface area contributed by atoms with E-state index in [2.05, 4.69) is 16.6 Å². The minimum Gasteiger partial charge on any atom is -0.394 e. The molecule has 0 aliphatic carbocycles. The highest BCUT2D eigenvalue weighted by Gasteiger charge is 1.87. The fraction of sp³-hybridized carbons (Fsp3) is 0.727. The molecule has 0 atom stereocenters. The summed E-state index contributed by atoms with van der Waals surface area (Å²) in [4.78, 5) is 10.3. The molecule has 0 aromatic heterocycles. The zero-order chi connectivity index (χ0) is 14.1. The molecular formula is C11H23NO6. The van der Waals surface area contributed by atoms with Gasteiger partial charge in [0.1, 0.15) is 6.73 Å². The number of aliphatic hydroxyl groups excluding tert-OH is 2. The Balaban J connectivity index is 0. The van der Waals surface area contributed by atoms with E-state index in [-0.39, 0.29) is 25.9 Å². The molecule has 7 heteroatoms. The first-order valence-electron chi connectivity index (χ1n) is 5.49. The van der Waals surface area contributed by atoms with Gasteiger partial charge in [-0.3, -0.25) is 4.79 Å². The summed E-state index contributed by atoms with van der Waals surface area (Å²) in [5.74, 6) is -0.216. The SMILES string of the molecule is C=CC(=O)NCOC.OCCOCCOCCO. The zero-order valence-corrected chi connectivity index (χ0v) is 10.8. The normalized spacial score (nSPS) is 9.28. The number of rotatable bonds is 10. The van der Waals surface area contributed by atoms with Gasteiger partial charge < -0.3 is 29.7 Å². The lowest BCUT2D eigenvalue weighted by molar-refractivity contribution is -0.117. The van der Waals surface area contributed by atoms with Gasteiger partial charge in [0.2, 0.25) is 5.91 Å². The largest absolute Gasteiger partial charge is 0.394 e. The fourth-order valence-electron chi connectivity index (χ4n) is 0.667. The Morgan fingerprint density at radius 2 is 1.67 bits per heavy atom. The molecule has 3 N–H and O–H groups in total. The van der Waals surface area contributed by atoms with Crippen LogP contribution in [0.4, 0.5) is 0 Å². The molecule has 0 aromatic carbocycles. The Hall–Kier alpha value is -0.990. The van der Waals surface area contributed by atoms with E-state index in [0.717, 1.165) is 0 Å². The number of carbonyl (C=O) groups is 1. The van der Waals surface area contributed by atoms with Gasteiger partial charge in [0.15, 0.2) is 0 Å². The highest BCUT2D eigenvalue weighted by atomic mass is 16.5. The first-order valence-corrected chi connectivity index (χ1v) is 5.49. The average molecular weight is 265 g/mol. The van der Waals surface area contributed by atoms with Crippen molar-refractivity contribution in [2.75, 3.05) is 53.5 Å². The molecule has 0 aromatic rings. The Labute approximate surface area is 107 Å². The van der Waals surface area contributed by atoms with Crippen LogP contribution in [0.1, 0.15) is 0 Å². The van der Waals surface area contributed by atoms with E-state index in [9.17, 15) is 4.79 Å². The number of nitrogens with one attached hydrogen (secondary N) is 1. The van der Waals surface area contributed by atoms with Crippen LogP contribution in [-0.2, 0) is 19.0 Å². The van der Waals surface area contributed by atoms with Crippen molar-refractivity contribution in [2.45, 2.75) is 0 Å². The van der Waals surface area contributed by atoms with Crippen molar-refractivity contribution in [1.29, 1.82) is 0 Å². The van der Waals surface area contributed by atoms with Gasteiger partial charge in [-0.2, -0.15) is 0 Å². The van der Waals surface area contributed by atoms with Crippen molar-refractivity contribution < 1.29 is 29.2 Å². The van der Waals surface area contributed by atoms with Crippen LogP contribution in [0.2, 0.25) is 0 Å². The van der Waals surface area contributed by atoms with E-state index < -0.39 is 0 Å². The van der Waals surface area contributed by atoms with Crippen molar-refractivity contribution in [3.05, 3.63) is 12.7 Å². The summed E-state index contributed by atoms with van der Waals surface area (Å²) in [7, 11) is 1.50. The van der Waals surface area contributed by atoms with Crippen LogP contribution < -0.4 is 5.32 Å². The Kier molecular flexibility index (Phi) is 19.8. The number of hydrogen-bond acceptors (Lipinski definition) is 6. The first kappa shape index (κ1) is 19.4. The minimum absolute atomic E-state index is 0.0417. The third kappa shape index (κ3) is 20.4. The zero-order valence-electron chi connectivity index (χ0n) is 10.8. The lowest BCUT2D eigenvalue weighted by Gasteiger charge is -2.01. The standard InChI is InChI=1S/C6H14O4.C5H9NO2/c7-1-3-9-5-6-10-4-2-8;1-3-5(7)6-4-8-2/h7-8H,1-6H2;3H,1,4H2,2H3,(H,6,7). The van der Waals surface area contributed by atoms with Gasteiger partial charge in [0, 0.05) is 7.11 Å². The molecule has 0 radical (unpaired) electrons. The van der Waals surface area contributed by atoms with E-state index in [1.807, 2.05) is 0 Å². The molecule has 0 fully saturated rings. The minimum atomic E-state index is -0.216. The van der Waals surface area contributed by atoms with Crippen LogP contribution in [-0.4, -0.2) is 69.6 Å². The van der Waals surface area contributed by atoms with E-state index >= 15 is 0 Å². The smallest absolute Gasteiger partial charge is 0.245 e. The molecule has 0 saturated carbocycles. The van der Waals surface area contributed by atoms with Crippen LogP contribution in [0.25, 0.3) is 0 Å². The lowest BCUT2D eigenvalue weighted by Crippen LogP contribution is -2.22. The maximum absolute atomic E-state index is 10.3. The molecule has 0 saturated heterocycles. The highest BCUT2D eigenvalue weighted by molar-refractivity contribution is 5.86. The Morgan fingerprint density at radius 1 is 1.17 bits per heavy atom. The molecular weight excluding hydrogens is 242 g/mol. The van der Waals surface area contributed by atoms with Crippen molar-refractivity contribution in [3.63, 3.8) is 0 Å². The molecule has 108 valence electrons. The van der Waals surface area contributed by atoms with E-state index in [1.54, 1.807) is 0 Å². The highest BCUT2D eigenvalue weighted by Crippen LogP contribution is 1.76. The lowest BCUT2D eigenvalue weighted by atomic mass is 10.6. The van der Waals surface area contributed by atoms with E-state index in [4.69, 9.17) is 19.7 Å². The first-order chi connectivity index (χ1) is 8.72. The summed E-state index contributed by atoms with van der Waals surface area (Å²) in [5, 5.41) is 18.9. The molecule has 1 amide bonds. The molecule has 7 nitrogen and oxygen atoms in total. The Bertz CT molecular complexity index is 180. The Morgan fingerprint density at radius 3 is 2.00 bits per heavy atom. The number of aliphatic hydroxyl groups is 2. The number of hydrogen-bond donors (Lipinski definition) is 3. The van der Waals surface area contributed by atoms with E-state index in [1.165, 1.54) is 13.2 Å². The number of ether oxygens (including phenoxy) is 3. The monoisotopic (exact) mass is 265 g/mol. The van der Waals surface area contributed by atoms with Crippen LogP contribution >= 0.6 is 0 Å². The fourth-order valence-corrected chi connectivity index (χ4v) is 0.667. The average Bonchev–Trinajstić information content (AvgIpc) is 2.40. The number of carbonyl (C=O) groups excluding carboxylic acids is 1. The van der Waals surface area contributed by atoms with Crippen molar-refractivity contribution in [2.24, 2.45) is 0 Å². The summed E-state index contributed by atoms with van der Waals surface area (Å²) < 4.78 is 14.3. The summed E-state index contributed by atoms with van der Waals surface area (Å²) in [6.45, 7) is 5.22. The van der Waals surface area contributed by atoms with Gasteiger partial charge in [0.05, 0.1) is 39.6 Å². The molecule has 0 bridgehead atoms. The van der Waals surface area contributed by atoms with Gasteiger partial charge in [-0.05, 0) is 6.08 Å². The molecule has 0 rings (SSSR count). The quantitative estimate of drug-likeness (QED) is 0.263. The summed E-state index contributed by atoms with van der Waals surface area (Å²) in [6, 6.07) is 0. The number of methoxy groups -OCH3 is 1. The third-order valence-electron chi connectivity index (χ3n) is 1.42. The maximum atomic E-state index is 10.3. The molecule has 0 aliphatic heterocycles. The topological polar surface area (TPSA) is 97.3 Å². The van der Waals surface area contributed by atoms with Gasteiger partial charge in [0.25, 0.3) is 0 Å². The van der Waals surface area contributed by atoms with Crippen LogP contribution in [0.5, 0.6) is 0 Å². The summed E-state index contributed by atoms with van der Waals surface area (Å²) >= 11 is 0. The third-order valence-corrected chi connectivity index (χ3v) is 1.42. The molecule has 0 heterocycles. The van der Waals surface area contributed by atoms with Crippen LogP contribution in [0.3, 0.4) is 0 Å². The molecule has 18 heavy (non-hydrogen) atoms. The van der Waals surface area contributed by atoms with Crippen molar-refractivity contribution >= 4 is 5.91 Å². The summed E-state index contributed by atoms with van der Waals surface area (Å²) in [6.07, 6.45) is 1.19. The molecule has 0 aliphatic rings. The van der Waals surface area contributed by atoms with Crippen molar-refractivity contribution in [1.82, 2.24) is 5.32 Å². The van der Waals surface area contributed by atoms with E-state index in [0.29, 0.717) is 26.4 Å². The number of amides is 1. The van der Waals surface area contributed by atoms with Crippen LogP contribution in [0.15, 0.2) is 12.7 Å². The van der Waals surface area contributed by atoms with Gasteiger partial charge >= 0.3 is 0 Å². The predicted octanol–water partition coefficient (Wildman–Crippen LogP) is -1.10. The summed E-state index contributed by atoms with van der Waals surface area (Å²) in [5.41, 5.74) is 0. The van der Waals surface area contributed by atoms with Crippen LogP contribution in [0, 0.1) is 0 Å². The van der Waals surface area contributed by atoms with Gasteiger partial charge in [-0.1, -0.05) is 6.58 Å². The van der Waals surface area contributed by atoms with Gasteiger partial charge in [-0.25, -0.2) is 0 Å². The predicted molar refractivity (Wildman–Crippen MR) is 66.0 cm³/mol. The second-order valence-electron chi connectivity index (χ2n) is 2.85. The second kappa shape index (κ2) is 18.4. The van der Waals surface area contributed by atoms with Gasteiger partial charge in [-0.15, -0.1) is 0 Å².